The number of pyridine rings is 1. The standard InChI is InChI=1S/C11H13N3O4/c1-11(2,3)17-10(16)13-6-4-5-12-7-8(6)18-14-9(7)15/h4-5H,1-3H3,(H,14,15)(H,12,13,16). The predicted octanol–water partition coefficient (Wildman–Crippen LogP) is 1.86. The second-order valence-electron chi connectivity index (χ2n) is 4.70. The van der Waals surface area contributed by atoms with Gasteiger partial charge in [0.15, 0.2) is 5.52 Å². The van der Waals surface area contributed by atoms with Crippen LogP contribution in [0.25, 0.3) is 11.1 Å². The van der Waals surface area contributed by atoms with Gasteiger partial charge in [-0.3, -0.25) is 10.1 Å². The van der Waals surface area contributed by atoms with Crippen LogP contribution in [0.3, 0.4) is 0 Å². The van der Waals surface area contributed by atoms with E-state index in [1.807, 2.05) is 0 Å². The van der Waals surface area contributed by atoms with Crippen LogP contribution in [-0.4, -0.2) is 21.8 Å². The van der Waals surface area contributed by atoms with Crippen molar-refractivity contribution in [2.75, 3.05) is 5.32 Å². The van der Waals surface area contributed by atoms with Crippen LogP contribution in [0.1, 0.15) is 20.8 Å². The number of fused-ring (bicyclic) bond motifs is 1. The second kappa shape index (κ2) is 4.17. The van der Waals surface area contributed by atoms with Gasteiger partial charge in [-0.05, 0) is 26.8 Å². The summed E-state index contributed by atoms with van der Waals surface area (Å²) in [5.41, 5.74) is -0.405. The van der Waals surface area contributed by atoms with Gasteiger partial charge in [0, 0.05) is 6.20 Å². The predicted molar refractivity (Wildman–Crippen MR) is 64.5 cm³/mol. The van der Waals surface area contributed by atoms with E-state index in [4.69, 9.17) is 9.26 Å². The fraction of sp³-hybridized carbons (Fsp3) is 0.364. The summed E-state index contributed by atoms with van der Waals surface area (Å²) in [6.07, 6.45) is 0.777. The summed E-state index contributed by atoms with van der Waals surface area (Å²) in [6, 6.07) is 1.52. The van der Waals surface area contributed by atoms with Crippen LogP contribution in [-0.2, 0) is 4.74 Å². The Morgan fingerprint density at radius 2 is 2.22 bits per heavy atom. The maximum Gasteiger partial charge on any atom is 0.412 e. The third-order valence-corrected chi connectivity index (χ3v) is 2.00. The number of aromatic amines is 1. The number of carbonyl (C=O) groups is 1. The van der Waals surface area contributed by atoms with Crippen molar-refractivity contribution in [1.82, 2.24) is 10.1 Å². The third-order valence-electron chi connectivity index (χ3n) is 2.00. The zero-order chi connectivity index (χ0) is 13.3. The maximum absolute atomic E-state index is 11.6. The summed E-state index contributed by atoms with van der Waals surface area (Å²) in [7, 11) is 0. The molecule has 0 atom stereocenters. The quantitative estimate of drug-likeness (QED) is 0.806. The van der Waals surface area contributed by atoms with E-state index in [1.165, 1.54) is 12.3 Å². The maximum atomic E-state index is 11.6. The number of hydrogen-bond acceptors (Lipinski definition) is 5. The summed E-state index contributed by atoms with van der Waals surface area (Å²) in [4.78, 5) is 26.7. The molecular weight excluding hydrogens is 238 g/mol. The van der Waals surface area contributed by atoms with Crippen molar-refractivity contribution in [3.05, 3.63) is 22.6 Å². The molecule has 96 valence electrons. The van der Waals surface area contributed by atoms with Gasteiger partial charge in [0.25, 0.3) is 0 Å². The number of rotatable bonds is 1. The Labute approximate surface area is 102 Å². The number of ether oxygens (including phenoxy) is 1. The highest BCUT2D eigenvalue weighted by atomic mass is 16.6. The number of amides is 1. The average Bonchev–Trinajstić information content (AvgIpc) is 2.59. The van der Waals surface area contributed by atoms with E-state index >= 15 is 0 Å². The fourth-order valence-electron chi connectivity index (χ4n) is 1.37. The van der Waals surface area contributed by atoms with Gasteiger partial charge in [0.2, 0.25) is 5.58 Å². The molecule has 2 N–H and O–H groups in total. The van der Waals surface area contributed by atoms with E-state index in [-0.39, 0.29) is 11.1 Å². The van der Waals surface area contributed by atoms with Crippen molar-refractivity contribution in [1.29, 1.82) is 0 Å². The first kappa shape index (κ1) is 12.2. The molecule has 0 aliphatic carbocycles. The Bertz CT molecular complexity index is 636. The summed E-state index contributed by atoms with van der Waals surface area (Å²) in [5, 5.41) is 4.65. The molecule has 2 heterocycles. The highest BCUT2D eigenvalue weighted by Gasteiger charge is 2.18. The zero-order valence-corrected chi connectivity index (χ0v) is 10.2. The van der Waals surface area contributed by atoms with Gasteiger partial charge in [0.05, 0.1) is 5.69 Å². The van der Waals surface area contributed by atoms with E-state index in [9.17, 15) is 9.59 Å². The van der Waals surface area contributed by atoms with Gasteiger partial charge in [-0.25, -0.2) is 9.78 Å². The lowest BCUT2D eigenvalue weighted by atomic mass is 10.2. The van der Waals surface area contributed by atoms with Crippen molar-refractivity contribution in [3.8, 4) is 0 Å². The smallest absolute Gasteiger partial charge is 0.412 e. The molecule has 0 radical (unpaired) electrons. The number of aromatic nitrogens is 2. The average molecular weight is 251 g/mol. The molecule has 0 unspecified atom stereocenters. The van der Waals surface area contributed by atoms with E-state index < -0.39 is 17.3 Å². The molecule has 0 aromatic carbocycles. The minimum absolute atomic E-state index is 0.128. The molecule has 0 spiro atoms. The van der Waals surface area contributed by atoms with Crippen LogP contribution in [0.15, 0.2) is 21.6 Å². The lowest BCUT2D eigenvalue weighted by Gasteiger charge is -2.19. The molecule has 0 aliphatic heterocycles. The molecule has 2 aromatic rings. The minimum atomic E-state index is -0.626. The number of carbonyl (C=O) groups excluding carboxylic acids is 1. The van der Waals surface area contributed by atoms with E-state index in [0.29, 0.717) is 5.69 Å². The van der Waals surface area contributed by atoms with Crippen LogP contribution >= 0.6 is 0 Å². The Balaban J connectivity index is 2.27. The molecular formula is C11H13N3O4. The summed E-state index contributed by atoms with van der Waals surface area (Å²) in [5.74, 6) is 0. The fourth-order valence-corrected chi connectivity index (χ4v) is 1.37. The van der Waals surface area contributed by atoms with Crippen LogP contribution in [0.2, 0.25) is 0 Å². The van der Waals surface area contributed by atoms with Crippen molar-refractivity contribution in [3.63, 3.8) is 0 Å². The van der Waals surface area contributed by atoms with Gasteiger partial charge >= 0.3 is 11.7 Å². The third kappa shape index (κ3) is 2.50. The Morgan fingerprint density at radius 1 is 1.50 bits per heavy atom. The van der Waals surface area contributed by atoms with E-state index in [0.717, 1.165) is 0 Å². The summed E-state index contributed by atoms with van der Waals surface area (Å²) in [6.45, 7) is 5.27. The number of nitrogens with zero attached hydrogens (tertiary/aromatic N) is 1. The van der Waals surface area contributed by atoms with Crippen LogP contribution in [0.4, 0.5) is 10.5 Å². The van der Waals surface area contributed by atoms with Crippen molar-refractivity contribution < 1.29 is 14.1 Å². The summed E-state index contributed by atoms with van der Waals surface area (Å²) < 4.78 is 10.0. The minimum Gasteiger partial charge on any atom is -0.444 e. The molecule has 7 heteroatoms. The van der Waals surface area contributed by atoms with Gasteiger partial charge in [0.1, 0.15) is 5.60 Å². The Morgan fingerprint density at radius 3 is 2.89 bits per heavy atom. The molecule has 0 fully saturated rings. The topological polar surface area (TPSA) is 97.2 Å². The van der Waals surface area contributed by atoms with Gasteiger partial charge in [-0.2, -0.15) is 5.16 Å². The Hall–Kier alpha value is -2.31. The van der Waals surface area contributed by atoms with E-state index in [2.05, 4.69) is 15.5 Å². The van der Waals surface area contributed by atoms with Crippen LogP contribution < -0.4 is 10.9 Å². The van der Waals surface area contributed by atoms with Crippen molar-refractivity contribution in [2.24, 2.45) is 0 Å². The van der Waals surface area contributed by atoms with Crippen LogP contribution in [0, 0.1) is 0 Å². The molecule has 7 nitrogen and oxygen atoms in total. The highest BCUT2D eigenvalue weighted by molar-refractivity contribution is 5.94. The first-order valence-corrected chi connectivity index (χ1v) is 5.33. The molecule has 1 amide bonds. The first-order chi connectivity index (χ1) is 8.37. The van der Waals surface area contributed by atoms with Gasteiger partial charge in [-0.1, -0.05) is 0 Å². The number of hydrogen-bond donors (Lipinski definition) is 2. The Kier molecular flexibility index (Phi) is 2.82. The molecule has 2 aromatic heterocycles. The zero-order valence-electron chi connectivity index (χ0n) is 10.2. The normalized spacial score (nSPS) is 11.5. The SMILES string of the molecule is CC(C)(C)OC(=O)Nc1ccnc2c(=O)[nH]oc12. The van der Waals surface area contributed by atoms with E-state index in [1.54, 1.807) is 20.8 Å². The largest absolute Gasteiger partial charge is 0.444 e. The van der Waals surface area contributed by atoms with Crippen molar-refractivity contribution >= 4 is 22.9 Å². The molecule has 0 saturated carbocycles. The first-order valence-electron chi connectivity index (χ1n) is 5.33. The van der Waals surface area contributed by atoms with Crippen molar-refractivity contribution in [2.45, 2.75) is 26.4 Å². The highest BCUT2D eigenvalue weighted by Crippen LogP contribution is 2.19. The monoisotopic (exact) mass is 251 g/mol. The van der Waals surface area contributed by atoms with Crippen LogP contribution in [0.5, 0.6) is 0 Å². The molecule has 18 heavy (non-hydrogen) atoms. The lowest BCUT2D eigenvalue weighted by Crippen LogP contribution is -2.27. The molecule has 2 rings (SSSR count). The number of H-pyrrole nitrogens is 1. The second-order valence-corrected chi connectivity index (χ2v) is 4.70. The number of nitrogens with one attached hydrogen (secondary N) is 2. The van der Waals surface area contributed by atoms with Gasteiger partial charge in [-0.15, -0.1) is 0 Å². The molecule has 0 saturated heterocycles. The lowest BCUT2D eigenvalue weighted by molar-refractivity contribution is 0.0636. The number of anilines is 1. The summed E-state index contributed by atoms with van der Waals surface area (Å²) >= 11 is 0. The molecule has 0 bridgehead atoms. The molecule has 0 aliphatic rings. The van der Waals surface area contributed by atoms with Gasteiger partial charge < -0.3 is 9.26 Å².